The summed E-state index contributed by atoms with van der Waals surface area (Å²) in [6.07, 6.45) is 0. The summed E-state index contributed by atoms with van der Waals surface area (Å²) in [4.78, 5) is 13.7. The van der Waals surface area contributed by atoms with Crippen molar-refractivity contribution >= 4 is 32.5 Å². The van der Waals surface area contributed by atoms with E-state index in [9.17, 15) is 4.91 Å². The van der Waals surface area contributed by atoms with Gasteiger partial charge in [0.15, 0.2) is 0 Å². The van der Waals surface area contributed by atoms with Crippen molar-refractivity contribution in [1.82, 2.24) is 4.98 Å². The van der Waals surface area contributed by atoms with Gasteiger partial charge < -0.3 is 4.98 Å². The zero-order valence-corrected chi connectivity index (χ0v) is 10.9. The largest absolute Gasteiger partial charge is 0.355 e. The summed E-state index contributed by atoms with van der Waals surface area (Å²) >= 11 is 3.46. The first kappa shape index (κ1) is 11.2. The van der Waals surface area contributed by atoms with Crippen LogP contribution in [0.25, 0.3) is 22.2 Å². The normalized spacial score (nSPS) is 10.7. The number of rotatable bonds is 2. The van der Waals surface area contributed by atoms with E-state index in [0.29, 0.717) is 5.69 Å². The van der Waals surface area contributed by atoms with E-state index in [2.05, 4.69) is 38.2 Å². The van der Waals surface area contributed by atoms with Gasteiger partial charge in [-0.3, -0.25) is 0 Å². The Morgan fingerprint density at radius 3 is 2.50 bits per heavy atom. The molecule has 0 aliphatic heterocycles. The van der Waals surface area contributed by atoms with Crippen LogP contribution >= 0.6 is 15.9 Å². The standard InChI is InChI=1S/C14H9BrN2O/c15-11-3-6-13-10(7-11)8-14(16-13)9-1-4-12(17-18)5-2-9/h1-8,16H. The SMILES string of the molecule is O=Nc1ccc(-c2cc3cc(Br)ccc3[nH]2)cc1. The Bertz CT molecular complexity index is 716. The van der Waals surface area contributed by atoms with Gasteiger partial charge in [-0.15, -0.1) is 4.91 Å². The molecule has 0 fully saturated rings. The number of hydrogen-bond acceptors (Lipinski definition) is 2. The molecular weight excluding hydrogens is 292 g/mol. The molecule has 0 radical (unpaired) electrons. The molecule has 0 unspecified atom stereocenters. The Hall–Kier alpha value is -1.94. The predicted molar refractivity (Wildman–Crippen MR) is 76.9 cm³/mol. The number of nitrogens with one attached hydrogen (secondary N) is 1. The lowest BCUT2D eigenvalue weighted by atomic mass is 10.1. The van der Waals surface area contributed by atoms with E-state index in [1.54, 1.807) is 12.1 Å². The van der Waals surface area contributed by atoms with Crippen molar-refractivity contribution in [3.8, 4) is 11.3 Å². The predicted octanol–water partition coefficient (Wildman–Crippen LogP) is 5.00. The highest BCUT2D eigenvalue weighted by Gasteiger charge is 2.04. The first-order valence-electron chi connectivity index (χ1n) is 5.48. The summed E-state index contributed by atoms with van der Waals surface area (Å²) in [5.41, 5.74) is 3.60. The number of halogens is 1. The topological polar surface area (TPSA) is 45.2 Å². The van der Waals surface area contributed by atoms with Crippen molar-refractivity contribution < 1.29 is 0 Å². The van der Waals surface area contributed by atoms with Crippen LogP contribution in [0.2, 0.25) is 0 Å². The molecule has 1 N–H and O–H groups in total. The van der Waals surface area contributed by atoms with Crippen LogP contribution in [0.1, 0.15) is 0 Å². The first-order chi connectivity index (χ1) is 8.76. The molecule has 0 aliphatic carbocycles. The van der Waals surface area contributed by atoms with Crippen LogP contribution in [0.5, 0.6) is 0 Å². The number of benzene rings is 2. The maximum Gasteiger partial charge on any atom is 0.108 e. The fourth-order valence-electron chi connectivity index (χ4n) is 1.96. The third-order valence-electron chi connectivity index (χ3n) is 2.87. The van der Waals surface area contributed by atoms with Crippen LogP contribution in [0.3, 0.4) is 0 Å². The molecule has 4 heteroatoms. The number of nitrogens with zero attached hydrogens (tertiary/aromatic N) is 1. The Balaban J connectivity index is 2.10. The molecule has 1 aromatic heterocycles. The van der Waals surface area contributed by atoms with Crippen molar-refractivity contribution in [2.45, 2.75) is 0 Å². The second-order valence-electron chi connectivity index (χ2n) is 4.05. The number of H-pyrrole nitrogens is 1. The number of hydrogen-bond donors (Lipinski definition) is 1. The van der Waals surface area contributed by atoms with Gasteiger partial charge in [-0.1, -0.05) is 28.1 Å². The molecule has 3 aromatic rings. The van der Waals surface area contributed by atoms with Gasteiger partial charge in [0, 0.05) is 21.1 Å². The number of aromatic nitrogens is 1. The monoisotopic (exact) mass is 300 g/mol. The van der Waals surface area contributed by atoms with Gasteiger partial charge in [-0.2, -0.15) is 0 Å². The highest BCUT2D eigenvalue weighted by Crippen LogP contribution is 2.27. The molecule has 0 amide bonds. The minimum atomic E-state index is 0.442. The average molecular weight is 301 g/mol. The minimum absolute atomic E-state index is 0.442. The van der Waals surface area contributed by atoms with Crippen LogP contribution in [0, 0.1) is 4.91 Å². The third kappa shape index (κ3) is 1.95. The molecule has 3 rings (SSSR count). The summed E-state index contributed by atoms with van der Waals surface area (Å²) in [5.74, 6) is 0. The molecule has 3 nitrogen and oxygen atoms in total. The maximum atomic E-state index is 10.4. The molecule has 88 valence electrons. The highest BCUT2D eigenvalue weighted by molar-refractivity contribution is 9.10. The molecule has 0 atom stereocenters. The molecule has 0 saturated carbocycles. The van der Waals surface area contributed by atoms with Crippen LogP contribution in [0.15, 0.2) is 58.2 Å². The minimum Gasteiger partial charge on any atom is -0.355 e. The van der Waals surface area contributed by atoms with Crippen molar-refractivity contribution in [2.75, 3.05) is 0 Å². The van der Waals surface area contributed by atoms with E-state index < -0.39 is 0 Å². The van der Waals surface area contributed by atoms with E-state index in [1.165, 1.54) is 0 Å². The van der Waals surface area contributed by atoms with Gasteiger partial charge >= 0.3 is 0 Å². The molecule has 0 spiro atoms. The Labute approximate surface area is 112 Å². The van der Waals surface area contributed by atoms with E-state index >= 15 is 0 Å². The molecular formula is C14H9BrN2O. The van der Waals surface area contributed by atoms with Crippen LogP contribution in [-0.2, 0) is 0 Å². The molecule has 0 saturated heterocycles. The van der Waals surface area contributed by atoms with E-state index in [4.69, 9.17) is 0 Å². The summed E-state index contributed by atoms with van der Waals surface area (Å²) in [7, 11) is 0. The van der Waals surface area contributed by atoms with Gasteiger partial charge in [0.2, 0.25) is 0 Å². The van der Waals surface area contributed by atoms with Gasteiger partial charge in [0.25, 0.3) is 0 Å². The highest BCUT2D eigenvalue weighted by atomic mass is 79.9. The van der Waals surface area contributed by atoms with E-state index in [1.807, 2.05) is 24.3 Å². The Morgan fingerprint density at radius 1 is 1.00 bits per heavy atom. The van der Waals surface area contributed by atoms with Gasteiger partial charge in [-0.25, -0.2) is 0 Å². The number of fused-ring (bicyclic) bond motifs is 1. The summed E-state index contributed by atoms with van der Waals surface area (Å²) < 4.78 is 1.06. The lowest BCUT2D eigenvalue weighted by molar-refractivity contribution is 1.44. The molecule has 2 aromatic carbocycles. The zero-order valence-electron chi connectivity index (χ0n) is 9.35. The van der Waals surface area contributed by atoms with Crippen molar-refractivity contribution in [3.63, 3.8) is 0 Å². The molecule has 18 heavy (non-hydrogen) atoms. The fourth-order valence-corrected chi connectivity index (χ4v) is 2.34. The summed E-state index contributed by atoms with van der Waals surface area (Å²) in [6.45, 7) is 0. The van der Waals surface area contributed by atoms with Gasteiger partial charge in [0.05, 0.1) is 0 Å². The average Bonchev–Trinajstić information content (AvgIpc) is 2.81. The second-order valence-corrected chi connectivity index (χ2v) is 4.97. The first-order valence-corrected chi connectivity index (χ1v) is 6.27. The van der Waals surface area contributed by atoms with Gasteiger partial charge in [-0.05, 0) is 47.1 Å². The van der Waals surface area contributed by atoms with Crippen LogP contribution in [-0.4, -0.2) is 4.98 Å². The van der Waals surface area contributed by atoms with E-state index in [0.717, 1.165) is 26.6 Å². The summed E-state index contributed by atoms with van der Waals surface area (Å²) in [5, 5.41) is 4.04. The van der Waals surface area contributed by atoms with Gasteiger partial charge in [0.1, 0.15) is 5.69 Å². The fraction of sp³-hybridized carbons (Fsp3) is 0. The van der Waals surface area contributed by atoms with Crippen LogP contribution < -0.4 is 0 Å². The van der Waals surface area contributed by atoms with E-state index in [-0.39, 0.29) is 0 Å². The molecule has 0 aliphatic rings. The van der Waals surface area contributed by atoms with Crippen molar-refractivity contribution in [1.29, 1.82) is 0 Å². The lowest BCUT2D eigenvalue weighted by Crippen LogP contribution is -1.75. The second kappa shape index (κ2) is 4.38. The van der Waals surface area contributed by atoms with Crippen LogP contribution in [0.4, 0.5) is 5.69 Å². The quantitative estimate of drug-likeness (QED) is 0.665. The Morgan fingerprint density at radius 2 is 1.78 bits per heavy atom. The smallest absolute Gasteiger partial charge is 0.108 e. The molecule has 1 heterocycles. The van der Waals surface area contributed by atoms with Crippen molar-refractivity contribution in [3.05, 3.63) is 57.9 Å². The number of nitroso groups, excluding NO2 is 1. The lowest BCUT2D eigenvalue weighted by Gasteiger charge is -1.96. The number of aromatic amines is 1. The zero-order chi connectivity index (χ0) is 12.5. The Kier molecular flexibility index (Phi) is 2.72. The summed E-state index contributed by atoms with van der Waals surface area (Å²) in [6, 6.07) is 15.4. The third-order valence-corrected chi connectivity index (χ3v) is 3.36. The van der Waals surface area contributed by atoms with Crippen molar-refractivity contribution in [2.24, 2.45) is 5.18 Å². The molecule has 0 bridgehead atoms. The maximum absolute atomic E-state index is 10.4.